The molecule has 0 fully saturated rings. The van der Waals surface area contributed by atoms with Crippen molar-refractivity contribution in [3.8, 4) is 0 Å². The van der Waals surface area contributed by atoms with E-state index >= 15 is 0 Å². The van der Waals surface area contributed by atoms with Gasteiger partial charge >= 0.3 is 5.97 Å². The molecular formula is C13H22N2O2. The van der Waals surface area contributed by atoms with E-state index in [1.54, 1.807) is 0 Å². The Bertz CT molecular complexity index is 396. The minimum absolute atomic E-state index is 0.0723. The summed E-state index contributed by atoms with van der Waals surface area (Å²) >= 11 is 0. The lowest BCUT2D eigenvalue weighted by molar-refractivity contribution is -0.137. The Balaban J connectivity index is 2.65. The lowest BCUT2D eigenvalue weighted by Crippen LogP contribution is -2.24. The molecule has 1 aromatic rings. The number of aryl methyl sites for hydroxylation is 1. The van der Waals surface area contributed by atoms with Gasteiger partial charge in [-0.25, -0.2) is 0 Å². The third-order valence-electron chi connectivity index (χ3n) is 3.21. The lowest BCUT2D eigenvalue weighted by Gasteiger charge is -2.11. The molecule has 0 aliphatic heterocycles. The largest absolute Gasteiger partial charge is 0.481 e. The summed E-state index contributed by atoms with van der Waals surface area (Å²) in [5.74, 6) is -0.778. The molecule has 96 valence electrons. The van der Waals surface area contributed by atoms with Gasteiger partial charge < -0.3 is 15.4 Å². The number of aliphatic carboxylic acids is 1. The summed E-state index contributed by atoms with van der Waals surface area (Å²) in [6.07, 6.45) is 1.44. The molecule has 0 aliphatic rings. The summed E-state index contributed by atoms with van der Waals surface area (Å²) < 4.78 is 2.25. The van der Waals surface area contributed by atoms with Gasteiger partial charge in [-0.05, 0) is 45.2 Å². The molecule has 1 heterocycles. The summed E-state index contributed by atoms with van der Waals surface area (Å²) in [5.41, 5.74) is 9.68. The maximum atomic E-state index is 10.5. The minimum atomic E-state index is -0.778. The molecule has 4 nitrogen and oxygen atoms in total. The number of rotatable bonds is 6. The molecule has 0 aromatic carbocycles. The van der Waals surface area contributed by atoms with Crippen LogP contribution in [0.1, 0.15) is 36.7 Å². The molecule has 17 heavy (non-hydrogen) atoms. The summed E-state index contributed by atoms with van der Waals surface area (Å²) in [5, 5.41) is 8.61. The van der Waals surface area contributed by atoms with E-state index in [-0.39, 0.29) is 12.5 Å². The molecule has 1 rings (SSSR count). The SMILES string of the molecule is CCn1c(C)cc(CC(N)CCC(=O)O)c1C. The predicted molar refractivity (Wildman–Crippen MR) is 68.1 cm³/mol. The number of carbonyl (C=O) groups is 1. The molecule has 0 radical (unpaired) electrons. The molecule has 3 N–H and O–H groups in total. The summed E-state index contributed by atoms with van der Waals surface area (Å²) in [6.45, 7) is 7.26. The van der Waals surface area contributed by atoms with Gasteiger partial charge in [0.1, 0.15) is 0 Å². The van der Waals surface area contributed by atoms with Crippen molar-refractivity contribution in [3.05, 3.63) is 23.0 Å². The van der Waals surface area contributed by atoms with Crippen LogP contribution in [0.5, 0.6) is 0 Å². The van der Waals surface area contributed by atoms with Crippen LogP contribution in [0.3, 0.4) is 0 Å². The second-order valence-electron chi connectivity index (χ2n) is 4.54. The van der Waals surface area contributed by atoms with Crippen molar-refractivity contribution in [2.75, 3.05) is 0 Å². The fraction of sp³-hybridized carbons (Fsp3) is 0.615. The molecule has 0 amide bonds. The fourth-order valence-corrected chi connectivity index (χ4v) is 2.26. The average molecular weight is 238 g/mol. The molecule has 1 atom stereocenters. The molecular weight excluding hydrogens is 216 g/mol. The number of nitrogens with zero attached hydrogens (tertiary/aromatic N) is 1. The molecule has 4 heteroatoms. The first-order valence-corrected chi connectivity index (χ1v) is 6.08. The Hall–Kier alpha value is -1.29. The molecule has 0 bridgehead atoms. The zero-order valence-electron chi connectivity index (χ0n) is 10.9. The van der Waals surface area contributed by atoms with Gasteiger partial charge in [-0.1, -0.05) is 0 Å². The van der Waals surface area contributed by atoms with Gasteiger partial charge in [-0.2, -0.15) is 0 Å². The van der Waals surface area contributed by atoms with Crippen LogP contribution in [0.2, 0.25) is 0 Å². The third kappa shape index (κ3) is 3.60. The van der Waals surface area contributed by atoms with Crippen molar-refractivity contribution in [2.45, 2.75) is 52.6 Å². The monoisotopic (exact) mass is 238 g/mol. The van der Waals surface area contributed by atoms with E-state index in [9.17, 15) is 4.79 Å². The topological polar surface area (TPSA) is 68.2 Å². The van der Waals surface area contributed by atoms with E-state index in [0.717, 1.165) is 13.0 Å². The number of hydrogen-bond acceptors (Lipinski definition) is 2. The van der Waals surface area contributed by atoms with E-state index < -0.39 is 5.97 Å². The van der Waals surface area contributed by atoms with E-state index in [2.05, 4.69) is 31.4 Å². The number of hydrogen-bond donors (Lipinski definition) is 2. The Morgan fingerprint density at radius 1 is 1.53 bits per heavy atom. The summed E-state index contributed by atoms with van der Waals surface area (Å²) in [6, 6.07) is 2.08. The van der Waals surface area contributed by atoms with Crippen LogP contribution in [0.15, 0.2) is 6.07 Å². The number of aromatic nitrogens is 1. The van der Waals surface area contributed by atoms with E-state index in [4.69, 9.17) is 10.8 Å². The molecule has 1 unspecified atom stereocenters. The van der Waals surface area contributed by atoms with Gasteiger partial charge in [-0.15, -0.1) is 0 Å². The van der Waals surface area contributed by atoms with Crippen molar-refractivity contribution < 1.29 is 9.90 Å². The number of carboxylic acids is 1. The predicted octanol–water partition coefficient (Wildman–Crippen LogP) is 1.86. The Kier molecular flexibility index (Phi) is 4.75. The maximum absolute atomic E-state index is 10.5. The highest BCUT2D eigenvalue weighted by molar-refractivity contribution is 5.66. The van der Waals surface area contributed by atoms with Crippen molar-refractivity contribution in [2.24, 2.45) is 5.73 Å². The third-order valence-corrected chi connectivity index (χ3v) is 3.21. The normalized spacial score (nSPS) is 12.7. The van der Waals surface area contributed by atoms with Gasteiger partial charge in [0.15, 0.2) is 0 Å². The average Bonchev–Trinajstić information content (AvgIpc) is 2.51. The minimum Gasteiger partial charge on any atom is -0.481 e. The van der Waals surface area contributed by atoms with Crippen LogP contribution < -0.4 is 5.73 Å². The molecule has 0 aliphatic carbocycles. The van der Waals surface area contributed by atoms with E-state index in [1.165, 1.54) is 17.0 Å². The van der Waals surface area contributed by atoms with Crippen molar-refractivity contribution in [3.63, 3.8) is 0 Å². The van der Waals surface area contributed by atoms with E-state index in [1.807, 2.05) is 0 Å². The standard InChI is InChI=1S/C13H22N2O2/c1-4-15-9(2)7-11(10(15)3)8-12(14)5-6-13(16)17/h7,12H,4-6,8,14H2,1-3H3,(H,16,17). The van der Waals surface area contributed by atoms with Crippen LogP contribution in [0.25, 0.3) is 0 Å². The zero-order valence-corrected chi connectivity index (χ0v) is 10.9. The van der Waals surface area contributed by atoms with Gasteiger partial charge in [0, 0.05) is 30.4 Å². The van der Waals surface area contributed by atoms with Crippen LogP contribution >= 0.6 is 0 Å². The second-order valence-corrected chi connectivity index (χ2v) is 4.54. The van der Waals surface area contributed by atoms with Crippen molar-refractivity contribution >= 4 is 5.97 Å². The zero-order chi connectivity index (χ0) is 13.0. The maximum Gasteiger partial charge on any atom is 0.303 e. The molecule has 1 aromatic heterocycles. The Morgan fingerprint density at radius 2 is 2.18 bits per heavy atom. The van der Waals surface area contributed by atoms with E-state index in [0.29, 0.717) is 6.42 Å². The molecule has 0 saturated carbocycles. The Morgan fingerprint density at radius 3 is 2.65 bits per heavy atom. The smallest absolute Gasteiger partial charge is 0.303 e. The van der Waals surface area contributed by atoms with Crippen LogP contribution in [-0.4, -0.2) is 21.7 Å². The van der Waals surface area contributed by atoms with Gasteiger partial charge in [0.2, 0.25) is 0 Å². The lowest BCUT2D eigenvalue weighted by atomic mass is 10.0. The van der Waals surface area contributed by atoms with Crippen molar-refractivity contribution in [1.82, 2.24) is 4.57 Å². The van der Waals surface area contributed by atoms with Gasteiger partial charge in [-0.3, -0.25) is 4.79 Å². The van der Waals surface area contributed by atoms with Crippen molar-refractivity contribution in [1.29, 1.82) is 0 Å². The fourth-order valence-electron chi connectivity index (χ4n) is 2.26. The van der Waals surface area contributed by atoms with Crippen LogP contribution in [-0.2, 0) is 17.8 Å². The van der Waals surface area contributed by atoms with Gasteiger partial charge in [0.05, 0.1) is 0 Å². The highest BCUT2D eigenvalue weighted by Gasteiger charge is 2.12. The highest BCUT2D eigenvalue weighted by Crippen LogP contribution is 2.17. The Labute approximate surface area is 102 Å². The quantitative estimate of drug-likeness (QED) is 0.794. The second kappa shape index (κ2) is 5.87. The summed E-state index contributed by atoms with van der Waals surface area (Å²) in [4.78, 5) is 10.5. The molecule has 0 saturated heterocycles. The highest BCUT2D eigenvalue weighted by atomic mass is 16.4. The van der Waals surface area contributed by atoms with Gasteiger partial charge in [0.25, 0.3) is 0 Å². The first-order valence-electron chi connectivity index (χ1n) is 6.08. The first-order chi connectivity index (χ1) is 7.95. The first kappa shape index (κ1) is 13.8. The van der Waals surface area contributed by atoms with Crippen LogP contribution in [0.4, 0.5) is 0 Å². The number of nitrogens with two attached hydrogens (primary N) is 1. The number of carboxylic acid groups (broad SMARTS) is 1. The van der Waals surface area contributed by atoms with Crippen LogP contribution in [0, 0.1) is 13.8 Å². The summed E-state index contributed by atoms with van der Waals surface area (Å²) in [7, 11) is 0. The molecule has 0 spiro atoms.